The normalized spacial score (nSPS) is 10.4. The number of amides is 2. The average Bonchev–Trinajstić information content (AvgIpc) is 2.65. The van der Waals surface area contributed by atoms with Gasteiger partial charge in [0, 0.05) is 0 Å². The van der Waals surface area contributed by atoms with Crippen molar-refractivity contribution in [2.45, 2.75) is 13.3 Å². The Kier molecular flexibility index (Phi) is 2.78. The highest BCUT2D eigenvalue weighted by Crippen LogP contribution is 2.22. The van der Waals surface area contributed by atoms with Gasteiger partial charge in [0.25, 0.3) is 0 Å². The van der Waals surface area contributed by atoms with Gasteiger partial charge in [-0.3, -0.25) is 14.9 Å². The third-order valence-corrected chi connectivity index (χ3v) is 2.54. The largest absolute Gasteiger partial charge is 0.369 e. The van der Waals surface area contributed by atoms with Crippen LogP contribution in [0.5, 0.6) is 0 Å². The molecule has 1 aromatic heterocycles. The first-order chi connectivity index (χ1) is 8.11. The van der Waals surface area contributed by atoms with Crippen LogP contribution in [0.4, 0.5) is 5.95 Å². The highest BCUT2D eigenvalue weighted by molar-refractivity contribution is 5.88. The topological polar surface area (TPSA) is 101 Å². The minimum atomic E-state index is -0.409. The van der Waals surface area contributed by atoms with Crippen LogP contribution in [0.3, 0.4) is 0 Å². The number of hydrogen-bond donors (Lipinski definition) is 3. The lowest BCUT2D eigenvalue weighted by atomic mass is 10.0. The van der Waals surface area contributed by atoms with Gasteiger partial charge in [0.05, 0.1) is 17.5 Å². The molecule has 2 amide bonds. The summed E-state index contributed by atoms with van der Waals surface area (Å²) < 4.78 is 0. The van der Waals surface area contributed by atoms with Gasteiger partial charge in [-0.1, -0.05) is 6.07 Å². The molecule has 0 spiro atoms. The number of anilines is 1. The van der Waals surface area contributed by atoms with Crippen LogP contribution in [0.15, 0.2) is 12.1 Å². The summed E-state index contributed by atoms with van der Waals surface area (Å²) in [6, 6.07) is 3.72. The molecule has 17 heavy (non-hydrogen) atoms. The number of hydrogen-bond acceptors (Lipinski definition) is 3. The number of carbonyl (C=O) groups is 2. The van der Waals surface area contributed by atoms with Crippen molar-refractivity contribution in [3.05, 3.63) is 23.3 Å². The van der Waals surface area contributed by atoms with Crippen molar-refractivity contribution >= 4 is 29.3 Å². The minimum Gasteiger partial charge on any atom is -0.369 e. The summed E-state index contributed by atoms with van der Waals surface area (Å²) in [6.45, 7) is 1.89. The SMILES string of the molecule is Cc1ccc2[nH]c(NC=O)nc2c1CC(N)=O. The number of primary amides is 1. The van der Waals surface area contributed by atoms with E-state index in [1.54, 1.807) is 0 Å². The number of nitrogens with zero attached hydrogens (tertiary/aromatic N) is 1. The Bertz CT molecular complexity index is 588. The van der Waals surface area contributed by atoms with E-state index in [1.165, 1.54) is 0 Å². The first-order valence-corrected chi connectivity index (χ1v) is 5.08. The molecule has 1 aromatic carbocycles. The summed E-state index contributed by atoms with van der Waals surface area (Å²) in [5, 5.41) is 2.43. The summed E-state index contributed by atoms with van der Waals surface area (Å²) in [5.74, 6) is -0.0557. The maximum absolute atomic E-state index is 11.0. The fraction of sp³-hybridized carbons (Fsp3) is 0.182. The Balaban J connectivity index is 2.58. The molecule has 0 saturated heterocycles. The zero-order chi connectivity index (χ0) is 12.4. The van der Waals surface area contributed by atoms with E-state index in [4.69, 9.17) is 5.73 Å². The van der Waals surface area contributed by atoms with Gasteiger partial charge in [-0.05, 0) is 24.1 Å². The molecule has 4 N–H and O–H groups in total. The minimum absolute atomic E-state index is 0.133. The molecule has 0 saturated carbocycles. The molecule has 0 fully saturated rings. The van der Waals surface area contributed by atoms with Crippen molar-refractivity contribution in [1.29, 1.82) is 0 Å². The van der Waals surface area contributed by atoms with Gasteiger partial charge >= 0.3 is 0 Å². The molecule has 0 aliphatic carbocycles. The van der Waals surface area contributed by atoms with Crippen molar-refractivity contribution in [3.8, 4) is 0 Å². The van der Waals surface area contributed by atoms with Crippen LogP contribution in [-0.4, -0.2) is 22.3 Å². The molecular weight excluding hydrogens is 220 g/mol. The molecule has 0 bridgehead atoms. The molecule has 6 heteroatoms. The van der Waals surface area contributed by atoms with Gasteiger partial charge < -0.3 is 10.7 Å². The van der Waals surface area contributed by atoms with Crippen LogP contribution in [0, 0.1) is 6.92 Å². The van der Waals surface area contributed by atoms with Crippen LogP contribution in [-0.2, 0) is 16.0 Å². The van der Waals surface area contributed by atoms with Crippen LogP contribution in [0.1, 0.15) is 11.1 Å². The van der Waals surface area contributed by atoms with Gasteiger partial charge in [0.1, 0.15) is 0 Å². The van der Waals surface area contributed by atoms with Crippen molar-refractivity contribution in [1.82, 2.24) is 9.97 Å². The number of aromatic amines is 1. The molecule has 0 radical (unpaired) electrons. The first-order valence-electron chi connectivity index (χ1n) is 5.08. The summed E-state index contributed by atoms with van der Waals surface area (Å²) in [4.78, 5) is 28.5. The Hall–Kier alpha value is -2.37. The molecular formula is C11H12N4O2. The number of fused-ring (bicyclic) bond motifs is 1. The number of H-pyrrole nitrogens is 1. The number of benzene rings is 1. The molecule has 0 aliphatic heterocycles. The highest BCUT2D eigenvalue weighted by Gasteiger charge is 2.11. The maximum atomic E-state index is 11.0. The fourth-order valence-electron chi connectivity index (χ4n) is 1.75. The standard InChI is InChI=1S/C11H12N4O2/c1-6-2-3-8-10(7(6)4-9(12)17)15-11(14-8)13-5-16/h2-3,5H,4H2,1H3,(H2,12,17)(H2,13,14,15,16). The van der Waals surface area contributed by atoms with E-state index in [2.05, 4.69) is 15.3 Å². The van der Waals surface area contributed by atoms with E-state index in [1.807, 2.05) is 19.1 Å². The molecule has 0 unspecified atom stereocenters. The summed E-state index contributed by atoms with van der Waals surface area (Å²) >= 11 is 0. The van der Waals surface area contributed by atoms with Gasteiger partial charge in [-0.2, -0.15) is 0 Å². The number of aryl methyl sites for hydroxylation is 1. The van der Waals surface area contributed by atoms with Crippen LogP contribution < -0.4 is 11.1 Å². The van der Waals surface area contributed by atoms with Gasteiger partial charge in [0.2, 0.25) is 18.3 Å². The third kappa shape index (κ3) is 2.10. The van der Waals surface area contributed by atoms with Crippen LogP contribution >= 0.6 is 0 Å². The van der Waals surface area contributed by atoms with Crippen molar-refractivity contribution < 1.29 is 9.59 Å². The third-order valence-electron chi connectivity index (χ3n) is 2.54. The number of rotatable bonds is 4. The molecule has 0 aliphatic rings. The zero-order valence-corrected chi connectivity index (χ0v) is 9.28. The summed E-state index contributed by atoms with van der Waals surface area (Å²) in [7, 11) is 0. The van der Waals surface area contributed by atoms with Crippen molar-refractivity contribution in [2.75, 3.05) is 5.32 Å². The van der Waals surface area contributed by atoms with E-state index in [0.29, 0.717) is 17.9 Å². The number of nitrogens with two attached hydrogens (primary N) is 1. The molecule has 88 valence electrons. The van der Waals surface area contributed by atoms with Gasteiger partial charge in [-0.15, -0.1) is 0 Å². The molecule has 2 rings (SSSR count). The van der Waals surface area contributed by atoms with Gasteiger partial charge in [-0.25, -0.2) is 4.98 Å². The second-order valence-corrected chi connectivity index (χ2v) is 3.75. The van der Waals surface area contributed by atoms with E-state index in [-0.39, 0.29) is 6.42 Å². The van der Waals surface area contributed by atoms with Crippen LogP contribution in [0.25, 0.3) is 11.0 Å². The zero-order valence-electron chi connectivity index (χ0n) is 9.28. The quantitative estimate of drug-likeness (QED) is 0.668. The number of carbonyl (C=O) groups excluding carboxylic acids is 2. The van der Waals surface area contributed by atoms with E-state index < -0.39 is 5.91 Å². The smallest absolute Gasteiger partial charge is 0.221 e. The predicted molar refractivity (Wildman–Crippen MR) is 63.4 cm³/mol. The lowest BCUT2D eigenvalue weighted by Crippen LogP contribution is -2.14. The summed E-state index contributed by atoms with van der Waals surface area (Å²) in [6.07, 6.45) is 0.673. The average molecular weight is 232 g/mol. The van der Waals surface area contributed by atoms with E-state index in [0.717, 1.165) is 16.6 Å². The first kappa shape index (κ1) is 11.1. The van der Waals surface area contributed by atoms with Gasteiger partial charge in [0.15, 0.2) is 0 Å². The van der Waals surface area contributed by atoms with Crippen molar-refractivity contribution in [3.63, 3.8) is 0 Å². The molecule has 0 atom stereocenters. The fourth-order valence-corrected chi connectivity index (χ4v) is 1.75. The number of nitrogens with one attached hydrogen (secondary N) is 2. The maximum Gasteiger partial charge on any atom is 0.221 e. The van der Waals surface area contributed by atoms with E-state index in [9.17, 15) is 9.59 Å². The molecule has 6 nitrogen and oxygen atoms in total. The number of aromatic nitrogens is 2. The Morgan fingerprint density at radius 1 is 1.59 bits per heavy atom. The molecule has 2 aromatic rings. The Morgan fingerprint density at radius 3 is 3.00 bits per heavy atom. The highest BCUT2D eigenvalue weighted by atomic mass is 16.1. The van der Waals surface area contributed by atoms with Crippen LogP contribution in [0.2, 0.25) is 0 Å². The molecule has 1 heterocycles. The summed E-state index contributed by atoms with van der Waals surface area (Å²) in [5.41, 5.74) is 8.35. The van der Waals surface area contributed by atoms with Crippen molar-refractivity contribution in [2.24, 2.45) is 5.73 Å². The second-order valence-electron chi connectivity index (χ2n) is 3.75. The Morgan fingerprint density at radius 2 is 2.35 bits per heavy atom. The van der Waals surface area contributed by atoms with E-state index >= 15 is 0 Å². The second kappa shape index (κ2) is 4.25. The predicted octanol–water partition coefficient (Wildman–Crippen LogP) is 0.467. The lowest BCUT2D eigenvalue weighted by Gasteiger charge is -2.03. The Labute approximate surface area is 97.2 Å². The number of imidazole rings is 1. The lowest BCUT2D eigenvalue weighted by molar-refractivity contribution is -0.117. The monoisotopic (exact) mass is 232 g/mol.